The Morgan fingerprint density at radius 1 is 1.08 bits per heavy atom. The van der Waals surface area contributed by atoms with Crippen LogP contribution in [-0.2, 0) is 19.3 Å². The summed E-state index contributed by atoms with van der Waals surface area (Å²) in [5, 5.41) is 0. The van der Waals surface area contributed by atoms with Crippen LogP contribution in [0.1, 0.15) is 24.2 Å². The molecule has 1 aliphatic heterocycles. The molecule has 7 heteroatoms. The molecule has 0 radical (unpaired) electrons. The van der Waals surface area contributed by atoms with Gasteiger partial charge in [0.25, 0.3) is 0 Å². The maximum atomic E-state index is 13.5. The number of imidazole rings is 1. The van der Waals surface area contributed by atoms with Crippen LogP contribution >= 0.6 is 0 Å². The maximum absolute atomic E-state index is 13.5. The van der Waals surface area contributed by atoms with Crippen LogP contribution in [0.4, 0.5) is 13.2 Å². The highest BCUT2D eigenvalue weighted by atomic mass is 19.4. The van der Waals surface area contributed by atoms with E-state index in [1.165, 1.54) is 16.3 Å². The number of likely N-dealkylation sites (tertiary alicyclic amines) is 1. The summed E-state index contributed by atoms with van der Waals surface area (Å²) in [5.74, 6) is -0.863. The fourth-order valence-corrected chi connectivity index (χ4v) is 3.69. The van der Waals surface area contributed by atoms with E-state index in [4.69, 9.17) is 0 Å². The van der Waals surface area contributed by atoms with Gasteiger partial charge in [-0.3, -0.25) is 4.90 Å². The van der Waals surface area contributed by atoms with Crippen LogP contribution in [0, 0.1) is 0 Å². The molecular formula is C19H19F3N4. The molecule has 26 heavy (non-hydrogen) atoms. The fourth-order valence-electron chi connectivity index (χ4n) is 3.69. The topological polar surface area (TPSA) is 34.0 Å². The lowest BCUT2D eigenvalue weighted by Gasteiger charge is -2.26. The van der Waals surface area contributed by atoms with Crippen molar-refractivity contribution in [2.24, 2.45) is 0 Å². The molecule has 1 atom stereocenters. The van der Waals surface area contributed by atoms with Crippen molar-refractivity contribution in [3.05, 3.63) is 60.0 Å². The van der Waals surface area contributed by atoms with Gasteiger partial charge in [-0.25, -0.2) is 9.97 Å². The first-order chi connectivity index (χ1) is 12.5. The smallest absolute Gasteiger partial charge is 0.303 e. The Kier molecular flexibility index (Phi) is 4.40. The van der Waals surface area contributed by atoms with Crippen molar-refractivity contribution in [1.82, 2.24) is 19.4 Å². The zero-order valence-electron chi connectivity index (χ0n) is 14.2. The molecule has 3 heterocycles. The summed E-state index contributed by atoms with van der Waals surface area (Å²) >= 11 is 0. The number of rotatable bonds is 4. The number of alkyl halides is 3. The highest BCUT2D eigenvalue weighted by Crippen LogP contribution is 2.32. The van der Waals surface area contributed by atoms with Crippen LogP contribution in [0.15, 0.2) is 48.7 Å². The van der Waals surface area contributed by atoms with Crippen LogP contribution in [0.2, 0.25) is 0 Å². The molecule has 2 aromatic heterocycles. The minimum absolute atomic E-state index is 0.0377. The summed E-state index contributed by atoms with van der Waals surface area (Å²) < 4.78 is 41.7. The monoisotopic (exact) mass is 360 g/mol. The Bertz CT molecular complexity index is 889. The second-order valence-electron chi connectivity index (χ2n) is 6.64. The molecule has 1 aliphatic rings. The number of pyridine rings is 1. The molecule has 0 spiro atoms. The van der Waals surface area contributed by atoms with Crippen molar-refractivity contribution in [3.63, 3.8) is 0 Å². The molecule has 4 nitrogen and oxygen atoms in total. The Hall–Kier alpha value is -2.41. The van der Waals surface area contributed by atoms with E-state index in [1.54, 1.807) is 12.1 Å². The summed E-state index contributed by atoms with van der Waals surface area (Å²) in [6.07, 6.45) is -1.13. The Morgan fingerprint density at radius 2 is 1.88 bits per heavy atom. The van der Waals surface area contributed by atoms with Crippen molar-refractivity contribution in [2.75, 3.05) is 6.54 Å². The van der Waals surface area contributed by atoms with Gasteiger partial charge >= 0.3 is 6.18 Å². The first-order valence-electron chi connectivity index (χ1n) is 8.69. The quantitative estimate of drug-likeness (QED) is 0.702. The molecule has 1 unspecified atom stereocenters. The van der Waals surface area contributed by atoms with E-state index in [0.29, 0.717) is 5.65 Å². The van der Waals surface area contributed by atoms with Crippen LogP contribution in [0.25, 0.3) is 11.2 Å². The summed E-state index contributed by atoms with van der Waals surface area (Å²) in [6.45, 7) is 1.88. The Labute approximate surface area is 149 Å². The lowest BCUT2D eigenvalue weighted by Crippen LogP contribution is -2.33. The SMILES string of the molecule is FC(F)(F)c1nc2cccnc2n1CC1CCCN1Cc1ccccc1. The molecular weight excluding hydrogens is 341 g/mol. The predicted molar refractivity (Wildman–Crippen MR) is 92.4 cm³/mol. The summed E-state index contributed by atoms with van der Waals surface area (Å²) in [5.41, 5.74) is 1.75. The highest BCUT2D eigenvalue weighted by molar-refractivity contribution is 5.71. The minimum Gasteiger partial charge on any atom is -0.303 e. The number of fused-ring (bicyclic) bond motifs is 1. The van der Waals surface area contributed by atoms with Gasteiger partial charge in [0.15, 0.2) is 5.65 Å². The number of benzene rings is 1. The lowest BCUT2D eigenvalue weighted by molar-refractivity contribution is -0.147. The molecule has 0 bridgehead atoms. The van der Waals surface area contributed by atoms with E-state index >= 15 is 0 Å². The van der Waals surface area contributed by atoms with Gasteiger partial charge < -0.3 is 4.57 Å². The number of halogens is 3. The van der Waals surface area contributed by atoms with Gasteiger partial charge in [0.1, 0.15) is 5.52 Å². The van der Waals surface area contributed by atoms with E-state index in [1.807, 2.05) is 30.3 Å². The van der Waals surface area contributed by atoms with Crippen molar-refractivity contribution < 1.29 is 13.2 Å². The van der Waals surface area contributed by atoms with Crippen molar-refractivity contribution in [1.29, 1.82) is 0 Å². The number of aromatic nitrogens is 3. The van der Waals surface area contributed by atoms with E-state index < -0.39 is 12.0 Å². The van der Waals surface area contributed by atoms with Gasteiger partial charge in [-0.15, -0.1) is 0 Å². The number of nitrogens with zero attached hydrogens (tertiary/aromatic N) is 4. The zero-order valence-corrected chi connectivity index (χ0v) is 14.2. The summed E-state index contributed by atoms with van der Waals surface area (Å²) in [4.78, 5) is 10.2. The van der Waals surface area contributed by atoms with Crippen molar-refractivity contribution in [2.45, 2.75) is 38.1 Å². The molecule has 0 N–H and O–H groups in total. The molecule has 0 amide bonds. The third kappa shape index (κ3) is 3.31. The van der Waals surface area contributed by atoms with Gasteiger partial charge in [0.05, 0.1) is 0 Å². The Balaban J connectivity index is 1.64. The third-order valence-corrected chi connectivity index (χ3v) is 4.88. The lowest BCUT2D eigenvalue weighted by atomic mass is 10.2. The van der Waals surface area contributed by atoms with E-state index in [-0.39, 0.29) is 18.1 Å². The fraction of sp³-hybridized carbons (Fsp3) is 0.368. The first-order valence-corrected chi connectivity index (χ1v) is 8.69. The second-order valence-corrected chi connectivity index (χ2v) is 6.64. The normalized spacial score (nSPS) is 18.7. The standard InChI is InChI=1S/C19H19F3N4/c20-19(21,22)18-24-16-9-4-10-23-17(16)26(18)13-15-8-5-11-25(15)12-14-6-2-1-3-7-14/h1-4,6-7,9-10,15H,5,8,11-13H2. The van der Waals surface area contributed by atoms with Crippen molar-refractivity contribution in [3.8, 4) is 0 Å². The van der Waals surface area contributed by atoms with Gasteiger partial charge in [0.2, 0.25) is 5.82 Å². The Morgan fingerprint density at radius 3 is 2.65 bits per heavy atom. The van der Waals surface area contributed by atoms with Crippen molar-refractivity contribution >= 4 is 11.2 Å². The molecule has 0 saturated carbocycles. The average molecular weight is 360 g/mol. The van der Waals surface area contributed by atoms with Gasteiger partial charge in [-0.1, -0.05) is 30.3 Å². The molecule has 4 rings (SSSR count). The van der Waals surface area contributed by atoms with Crippen LogP contribution in [-0.4, -0.2) is 32.0 Å². The molecule has 1 saturated heterocycles. The van der Waals surface area contributed by atoms with Gasteiger partial charge in [-0.2, -0.15) is 13.2 Å². The predicted octanol–water partition coefficient (Wildman–Crippen LogP) is 4.11. The average Bonchev–Trinajstić information content (AvgIpc) is 3.21. The van der Waals surface area contributed by atoms with Crippen LogP contribution < -0.4 is 0 Å². The van der Waals surface area contributed by atoms with Gasteiger partial charge in [-0.05, 0) is 37.1 Å². The first kappa shape index (κ1) is 17.0. The number of hydrogen-bond acceptors (Lipinski definition) is 3. The highest BCUT2D eigenvalue weighted by Gasteiger charge is 2.39. The van der Waals surface area contributed by atoms with E-state index in [2.05, 4.69) is 14.9 Å². The summed E-state index contributed by atoms with van der Waals surface area (Å²) in [6, 6.07) is 13.2. The zero-order chi connectivity index (χ0) is 18.1. The van der Waals surface area contributed by atoms with E-state index in [9.17, 15) is 13.2 Å². The van der Waals surface area contributed by atoms with Gasteiger partial charge in [0, 0.05) is 25.3 Å². The molecule has 0 aliphatic carbocycles. The molecule has 136 valence electrons. The second kappa shape index (κ2) is 6.72. The number of hydrogen-bond donors (Lipinski definition) is 0. The largest absolute Gasteiger partial charge is 0.449 e. The molecule has 3 aromatic rings. The minimum atomic E-state index is -4.50. The molecule has 1 fully saturated rings. The third-order valence-electron chi connectivity index (χ3n) is 4.88. The van der Waals surface area contributed by atoms with E-state index in [0.717, 1.165) is 25.9 Å². The van der Waals surface area contributed by atoms with Crippen LogP contribution in [0.5, 0.6) is 0 Å². The van der Waals surface area contributed by atoms with Crippen LogP contribution in [0.3, 0.4) is 0 Å². The summed E-state index contributed by atoms with van der Waals surface area (Å²) in [7, 11) is 0. The maximum Gasteiger partial charge on any atom is 0.449 e. The molecule has 1 aromatic carbocycles.